The summed E-state index contributed by atoms with van der Waals surface area (Å²) in [7, 11) is 1.27. The van der Waals surface area contributed by atoms with Gasteiger partial charge in [-0.05, 0) is 19.9 Å². The van der Waals surface area contributed by atoms with Crippen LogP contribution in [-0.2, 0) is 9.53 Å². The maximum Gasteiger partial charge on any atom is 0.337 e. The molecular formula is C8H12O3. The third kappa shape index (κ3) is 2.89. The molecule has 11 heavy (non-hydrogen) atoms. The van der Waals surface area contributed by atoms with Crippen LogP contribution in [0.1, 0.15) is 13.8 Å². The van der Waals surface area contributed by atoms with E-state index in [1.54, 1.807) is 13.0 Å². The standard InChI is InChI=1S/C8H12O3/c1-4-5-7(9)6(2)8(10)11-3/h4-5,9H,1-3H3/b5-4-,7-6-. The molecule has 0 aromatic carbocycles. The second kappa shape index (κ2) is 4.55. The predicted octanol–water partition coefficient (Wildman–Crippen LogP) is 1.57. The smallest absolute Gasteiger partial charge is 0.337 e. The summed E-state index contributed by atoms with van der Waals surface area (Å²) < 4.78 is 4.39. The van der Waals surface area contributed by atoms with Crippen molar-refractivity contribution in [2.24, 2.45) is 0 Å². The topological polar surface area (TPSA) is 46.5 Å². The number of hydrogen-bond donors (Lipinski definition) is 1. The van der Waals surface area contributed by atoms with Gasteiger partial charge in [-0.3, -0.25) is 0 Å². The van der Waals surface area contributed by atoms with Crippen LogP contribution in [0.25, 0.3) is 0 Å². The molecule has 0 fully saturated rings. The highest BCUT2D eigenvalue weighted by molar-refractivity contribution is 5.88. The summed E-state index contributed by atoms with van der Waals surface area (Å²) in [6.45, 7) is 3.25. The molecule has 3 heteroatoms. The molecule has 0 heterocycles. The van der Waals surface area contributed by atoms with E-state index < -0.39 is 5.97 Å². The van der Waals surface area contributed by atoms with Gasteiger partial charge in [0.15, 0.2) is 0 Å². The number of carbonyl (C=O) groups excluding carboxylic acids is 1. The van der Waals surface area contributed by atoms with E-state index in [1.807, 2.05) is 0 Å². The molecule has 0 aromatic heterocycles. The van der Waals surface area contributed by atoms with Crippen molar-refractivity contribution in [3.05, 3.63) is 23.5 Å². The van der Waals surface area contributed by atoms with Crippen LogP contribution in [0.15, 0.2) is 23.5 Å². The fourth-order valence-corrected chi connectivity index (χ4v) is 0.541. The number of ether oxygens (including phenoxy) is 1. The second-order valence-corrected chi connectivity index (χ2v) is 2.00. The van der Waals surface area contributed by atoms with Gasteiger partial charge in [0.1, 0.15) is 5.76 Å². The minimum Gasteiger partial charge on any atom is -0.507 e. The molecule has 0 unspecified atom stereocenters. The lowest BCUT2D eigenvalue weighted by Crippen LogP contribution is -2.03. The van der Waals surface area contributed by atoms with Gasteiger partial charge in [0.25, 0.3) is 0 Å². The molecule has 3 nitrogen and oxygen atoms in total. The number of methoxy groups -OCH3 is 1. The van der Waals surface area contributed by atoms with Crippen LogP contribution < -0.4 is 0 Å². The van der Waals surface area contributed by atoms with E-state index in [4.69, 9.17) is 5.11 Å². The number of rotatable bonds is 2. The third-order valence-electron chi connectivity index (χ3n) is 1.20. The summed E-state index contributed by atoms with van der Waals surface area (Å²) in [5, 5.41) is 9.11. The normalized spacial score (nSPS) is 13.0. The summed E-state index contributed by atoms with van der Waals surface area (Å²) >= 11 is 0. The quantitative estimate of drug-likeness (QED) is 0.285. The van der Waals surface area contributed by atoms with Crippen LogP contribution >= 0.6 is 0 Å². The Bertz CT molecular complexity index is 201. The molecule has 0 aliphatic carbocycles. The number of hydrogen-bond acceptors (Lipinski definition) is 3. The Morgan fingerprint density at radius 1 is 1.55 bits per heavy atom. The first-order valence-corrected chi connectivity index (χ1v) is 3.24. The van der Waals surface area contributed by atoms with E-state index in [9.17, 15) is 4.79 Å². The molecular weight excluding hydrogens is 144 g/mol. The van der Waals surface area contributed by atoms with E-state index >= 15 is 0 Å². The van der Waals surface area contributed by atoms with Gasteiger partial charge < -0.3 is 9.84 Å². The molecule has 0 saturated heterocycles. The second-order valence-electron chi connectivity index (χ2n) is 2.00. The Balaban J connectivity index is 4.51. The lowest BCUT2D eigenvalue weighted by Gasteiger charge is -1.98. The van der Waals surface area contributed by atoms with Crippen LogP contribution in [0.4, 0.5) is 0 Å². The van der Waals surface area contributed by atoms with Gasteiger partial charge in [-0.15, -0.1) is 0 Å². The molecule has 0 amide bonds. The highest BCUT2D eigenvalue weighted by Crippen LogP contribution is 2.03. The van der Waals surface area contributed by atoms with Gasteiger partial charge in [0, 0.05) is 0 Å². The molecule has 0 aliphatic heterocycles. The van der Waals surface area contributed by atoms with Crippen molar-refractivity contribution in [3.8, 4) is 0 Å². The van der Waals surface area contributed by atoms with E-state index in [0.717, 1.165) is 0 Å². The Labute approximate surface area is 66.0 Å². The fraction of sp³-hybridized carbons (Fsp3) is 0.375. The Kier molecular flexibility index (Phi) is 4.03. The highest BCUT2D eigenvalue weighted by atomic mass is 16.5. The summed E-state index contributed by atoms with van der Waals surface area (Å²) in [6.07, 6.45) is 3.08. The third-order valence-corrected chi connectivity index (χ3v) is 1.20. The Hall–Kier alpha value is -1.25. The minimum absolute atomic E-state index is 0.0562. The monoisotopic (exact) mass is 156 g/mol. The van der Waals surface area contributed by atoms with Gasteiger partial charge in [0.2, 0.25) is 0 Å². The zero-order valence-electron chi connectivity index (χ0n) is 6.92. The fourth-order valence-electron chi connectivity index (χ4n) is 0.541. The molecule has 0 atom stereocenters. The van der Waals surface area contributed by atoms with Crippen molar-refractivity contribution in [1.29, 1.82) is 0 Å². The average Bonchev–Trinajstić information content (AvgIpc) is 2.02. The summed E-state index contributed by atoms with van der Waals surface area (Å²) in [5.41, 5.74) is 0.214. The predicted molar refractivity (Wildman–Crippen MR) is 42.2 cm³/mol. The maximum atomic E-state index is 10.8. The van der Waals surface area contributed by atoms with Crippen LogP contribution in [0.5, 0.6) is 0 Å². The lowest BCUT2D eigenvalue weighted by atomic mass is 10.2. The van der Waals surface area contributed by atoms with Crippen LogP contribution in [0.3, 0.4) is 0 Å². The number of esters is 1. The van der Waals surface area contributed by atoms with Crippen molar-refractivity contribution in [1.82, 2.24) is 0 Å². The van der Waals surface area contributed by atoms with Gasteiger partial charge >= 0.3 is 5.97 Å². The van der Waals surface area contributed by atoms with E-state index in [0.29, 0.717) is 0 Å². The Morgan fingerprint density at radius 3 is 2.45 bits per heavy atom. The first kappa shape index (κ1) is 9.75. The van der Waals surface area contributed by atoms with Crippen LogP contribution in [0.2, 0.25) is 0 Å². The first-order chi connectivity index (χ1) is 5.13. The van der Waals surface area contributed by atoms with Gasteiger partial charge in [-0.2, -0.15) is 0 Å². The van der Waals surface area contributed by atoms with E-state index in [1.165, 1.54) is 20.1 Å². The van der Waals surface area contributed by atoms with E-state index in [-0.39, 0.29) is 11.3 Å². The number of carbonyl (C=O) groups is 1. The molecule has 0 bridgehead atoms. The summed E-state index contributed by atoms with van der Waals surface area (Å²) in [6, 6.07) is 0. The molecule has 0 aliphatic rings. The van der Waals surface area contributed by atoms with Crippen molar-refractivity contribution in [2.45, 2.75) is 13.8 Å². The minimum atomic E-state index is -0.513. The largest absolute Gasteiger partial charge is 0.507 e. The van der Waals surface area contributed by atoms with Crippen LogP contribution in [-0.4, -0.2) is 18.2 Å². The van der Waals surface area contributed by atoms with Gasteiger partial charge in [-0.25, -0.2) is 4.79 Å². The van der Waals surface area contributed by atoms with Crippen molar-refractivity contribution in [2.75, 3.05) is 7.11 Å². The highest BCUT2D eigenvalue weighted by Gasteiger charge is 2.06. The molecule has 0 saturated carbocycles. The zero-order valence-corrected chi connectivity index (χ0v) is 6.92. The number of aliphatic hydroxyl groups excluding tert-OH is 1. The molecule has 0 rings (SSSR count). The van der Waals surface area contributed by atoms with Crippen LogP contribution in [0, 0.1) is 0 Å². The number of aliphatic hydroxyl groups is 1. The average molecular weight is 156 g/mol. The van der Waals surface area contributed by atoms with Crippen molar-refractivity contribution >= 4 is 5.97 Å². The number of allylic oxidation sites excluding steroid dienone is 2. The maximum absolute atomic E-state index is 10.8. The first-order valence-electron chi connectivity index (χ1n) is 3.24. The molecule has 1 N–H and O–H groups in total. The van der Waals surface area contributed by atoms with Crippen molar-refractivity contribution < 1.29 is 14.6 Å². The molecule has 0 radical (unpaired) electrons. The van der Waals surface area contributed by atoms with Crippen molar-refractivity contribution in [3.63, 3.8) is 0 Å². The van der Waals surface area contributed by atoms with Gasteiger partial charge in [-0.1, -0.05) is 6.08 Å². The summed E-state index contributed by atoms with van der Waals surface area (Å²) in [4.78, 5) is 10.8. The zero-order chi connectivity index (χ0) is 8.85. The molecule has 0 aromatic rings. The summed E-state index contributed by atoms with van der Waals surface area (Å²) in [5.74, 6) is -0.569. The SMILES string of the molecule is C/C=C\C(O)=C(/C)C(=O)OC. The molecule has 62 valence electrons. The molecule has 0 spiro atoms. The Morgan fingerprint density at radius 2 is 2.09 bits per heavy atom. The van der Waals surface area contributed by atoms with Gasteiger partial charge in [0.05, 0.1) is 12.7 Å². The lowest BCUT2D eigenvalue weighted by molar-refractivity contribution is -0.136. The van der Waals surface area contributed by atoms with E-state index in [2.05, 4.69) is 4.74 Å².